The normalized spacial score (nSPS) is 37.0. The highest BCUT2D eigenvalue weighted by Crippen LogP contribution is 2.58. The van der Waals surface area contributed by atoms with E-state index in [0.717, 1.165) is 32.1 Å². The lowest BCUT2D eigenvalue weighted by Gasteiger charge is -2.49. The molecular weight excluding hydrogens is 268 g/mol. The van der Waals surface area contributed by atoms with Crippen molar-refractivity contribution >= 4 is 5.78 Å². The zero-order valence-corrected chi connectivity index (χ0v) is 14.7. The third-order valence-corrected chi connectivity index (χ3v) is 6.68. The molecule has 0 amide bonds. The fourth-order valence-corrected chi connectivity index (χ4v) is 4.96. The van der Waals surface area contributed by atoms with E-state index in [1.54, 1.807) is 16.7 Å². The van der Waals surface area contributed by atoms with Crippen molar-refractivity contribution in [1.82, 2.24) is 0 Å². The van der Waals surface area contributed by atoms with Crippen LogP contribution >= 0.6 is 0 Å². The first-order valence-electron chi connectivity index (χ1n) is 9.12. The second-order valence-electron chi connectivity index (χ2n) is 7.87. The van der Waals surface area contributed by atoms with Crippen molar-refractivity contribution in [3.05, 3.63) is 34.4 Å². The molecule has 0 radical (unpaired) electrons. The SMILES string of the molecule is CC/C=C1/C2=C(CCC1(C)CC)C1(C)CCC(=O)C=C1CC2. The highest BCUT2D eigenvalue weighted by atomic mass is 16.1. The van der Waals surface area contributed by atoms with E-state index in [1.165, 1.54) is 24.8 Å². The highest BCUT2D eigenvalue weighted by Gasteiger charge is 2.45. The first-order valence-corrected chi connectivity index (χ1v) is 9.12. The molecule has 0 fully saturated rings. The van der Waals surface area contributed by atoms with Crippen LogP contribution in [0.15, 0.2) is 34.4 Å². The Balaban J connectivity index is 2.12. The number of carbonyl (C=O) groups is 1. The minimum absolute atomic E-state index is 0.170. The Bertz CT molecular complexity index is 589. The summed E-state index contributed by atoms with van der Waals surface area (Å²) in [6, 6.07) is 0. The fourth-order valence-electron chi connectivity index (χ4n) is 4.96. The number of rotatable bonds is 2. The summed E-state index contributed by atoms with van der Waals surface area (Å²) in [5, 5.41) is 0. The second-order valence-corrected chi connectivity index (χ2v) is 7.87. The van der Waals surface area contributed by atoms with Crippen molar-refractivity contribution in [2.24, 2.45) is 10.8 Å². The zero-order chi connectivity index (χ0) is 16.0. The number of allylic oxidation sites excluding steroid dienone is 6. The lowest BCUT2D eigenvalue weighted by atomic mass is 9.55. The minimum Gasteiger partial charge on any atom is -0.295 e. The summed E-state index contributed by atoms with van der Waals surface area (Å²) in [7, 11) is 0. The van der Waals surface area contributed by atoms with E-state index >= 15 is 0 Å². The Labute approximate surface area is 135 Å². The topological polar surface area (TPSA) is 17.1 Å². The molecule has 0 aliphatic heterocycles. The van der Waals surface area contributed by atoms with E-state index in [0.29, 0.717) is 11.2 Å². The van der Waals surface area contributed by atoms with Gasteiger partial charge in [-0.25, -0.2) is 0 Å². The highest BCUT2D eigenvalue weighted by molar-refractivity contribution is 5.92. The molecule has 0 aromatic carbocycles. The van der Waals surface area contributed by atoms with Gasteiger partial charge in [-0.1, -0.05) is 44.9 Å². The molecule has 1 nitrogen and oxygen atoms in total. The van der Waals surface area contributed by atoms with Crippen LogP contribution in [0.1, 0.15) is 79.1 Å². The predicted octanol–water partition coefficient (Wildman–Crippen LogP) is 5.92. The first kappa shape index (κ1) is 15.8. The van der Waals surface area contributed by atoms with Crippen LogP contribution in [-0.2, 0) is 4.79 Å². The van der Waals surface area contributed by atoms with E-state index in [2.05, 4.69) is 33.8 Å². The molecule has 0 saturated carbocycles. The van der Waals surface area contributed by atoms with Crippen LogP contribution < -0.4 is 0 Å². The molecule has 0 spiro atoms. The molecule has 120 valence electrons. The molecule has 0 saturated heterocycles. The lowest BCUT2D eigenvalue weighted by Crippen LogP contribution is -2.36. The number of hydrogen-bond acceptors (Lipinski definition) is 1. The van der Waals surface area contributed by atoms with Gasteiger partial charge in [0, 0.05) is 11.8 Å². The summed E-state index contributed by atoms with van der Waals surface area (Å²) >= 11 is 0. The molecule has 0 aromatic heterocycles. The van der Waals surface area contributed by atoms with Crippen LogP contribution in [0.4, 0.5) is 0 Å². The largest absolute Gasteiger partial charge is 0.295 e. The van der Waals surface area contributed by atoms with Gasteiger partial charge in [0.25, 0.3) is 0 Å². The van der Waals surface area contributed by atoms with Crippen LogP contribution in [0.2, 0.25) is 0 Å². The smallest absolute Gasteiger partial charge is 0.155 e. The summed E-state index contributed by atoms with van der Waals surface area (Å²) in [5.41, 5.74) is 6.91. The van der Waals surface area contributed by atoms with Crippen LogP contribution in [0.5, 0.6) is 0 Å². The van der Waals surface area contributed by atoms with Crippen LogP contribution in [0, 0.1) is 10.8 Å². The maximum absolute atomic E-state index is 11.8. The van der Waals surface area contributed by atoms with Gasteiger partial charge in [-0.3, -0.25) is 4.79 Å². The molecular formula is C21H30O. The average molecular weight is 298 g/mol. The first-order chi connectivity index (χ1) is 10.4. The lowest BCUT2D eigenvalue weighted by molar-refractivity contribution is -0.115. The van der Waals surface area contributed by atoms with Crippen molar-refractivity contribution in [3.63, 3.8) is 0 Å². The Morgan fingerprint density at radius 3 is 2.55 bits per heavy atom. The molecule has 1 heteroatoms. The monoisotopic (exact) mass is 298 g/mol. The zero-order valence-electron chi connectivity index (χ0n) is 14.7. The van der Waals surface area contributed by atoms with Crippen LogP contribution in [-0.4, -0.2) is 5.78 Å². The van der Waals surface area contributed by atoms with Gasteiger partial charge in [0.1, 0.15) is 0 Å². The summed E-state index contributed by atoms with van der Waals surface area (Å²) in [5.74, 6) is 0.343. The molecule has 0 bridgehead atoms. The third kappa shape index (κ3) is 2.25. The van der Waals surface area contributed by atoms with Crippen molar-refractivity contribution in [2.75, 3.05) is 0 Å². The maximum atomic E-state index is 11.8. The van der Waals surface area contributed by atoms with Crippen LogP contribution in [0.3, 0.4) is 0 Å². The predicted molar refractivity (Wildman–Crippen MR) is 92.7 cm³/mol. The number of hydrogen-bond donors (Lipinski definition) is 0. The van der Waals surface area contributed by atoms with Crippen molar-refractivity contribution in [1.29, 1.82) is 0 Å². The van der Waals surface area contributed by atoms with Crippen molar-refractivity contribution in [3.8, 4) is 0 Å². The molecule has 0 aromatic rings. The Hall–Kier alpha value is -1.11. The van der Waals surface area contributed by atoms with Gasteiger partial charge in [0.15, 0.2) is 5.78 Å². The van der Waals surface area contributed by atoms with Gasteiger partial charge in [-0.05, 0) is 67.6 Å². The van der Waals surface area contributed by atoms with Gasteiger partial charge in [-0.2, -0.15) is 0 Å². The van der Waals surface area contributed by atoms with E-state index < -0.39 is 0 Å². The summed E-state index contributed by atoms with van der Waals surface area (Å²) in [6.45, 7) is 9.45. The third-order valence-electron chi connectivity index (χ3n) is 6.68. The standard InChI is InChI=1S/C21H30O/c1-5-7-18-17-9-8-15-14-16(22)10-13-21(15,4)19(17)11-12-20(18,3)6-2/h7,14H,5-6,8-13H2,1-4H3/b18-7-. The molecule has 3 aliphatic rings. The van der Waals surface area contributed by atoms with Gasteiger partial charge in [-0.15, -0.1) is 0 Å². The number of fused-ring (bicyclic) bond motifs is 2. The van der Waals surface area contributed by atoms with E-state index in [4.69, 9.17) is 0 Å². The molecule has 22 heavy (non-hydrogen) atoms. The average Bonchev–Trinajstić information content (AvgIpc) is 2.51. The van der Waals surface area contributed by atoms with Gasteiger partial charge in [0.2, 0.25) is 0 Å². The molecule has 3 rings (SSSR count). The molecule has 0 N–H and O–H groups in total. The molecule has 3 aliphatic carbocycles. The van der Waals surface area contributed by atoms with Crippen molar-refractivity contribution < 1.29 is 4.79 Å². The summed E-state index contributed by atoms with van der Waals surface area (Å²) in [4.78, 5) is 11.8. The number of carbonyl (C=O) groups excluding carboxylic acids is 1. The number of ketones is 1. The molecule has 2 unspecified atom stereocenters. The molecule has 2 atom stereocenters. The molecule has 0 heterocycles. The van der Waals surface area contributed by atoms with Gasteiger partial charge >= 0.3 is 0 Å². The summed E-state index contributed by atoms with van der Waals surface area (Å²) < 4.78 is 0. The van der Waals surface area contributed by atoms with E-state index in [-0.39, 0.29) is 5.41 Å². The van der Waals surface area contributed by atoms with E-state index in [9.17, 15) is 4.79 Å². The minimum atomic E-state index is 0.170. The Kier molecular flexibility index (Phi) is 3.95. The van der Waals surface area contributed by atoms with E-state index in [1.807, 2.05) is 6.08 Å². The maximum Gasteiger partial charge on any atom is 0.155 e. The second kappa shape index (κ2) is 5.51. The summed E-state index contributed by atoms with van der Waals surface area (Å²) in [6.07, 6.45) is 13.3. The quantitative estimate of drug-likeness (QED) is 0.618. The van der Waals surface area contributed by atoms with Gasteiger partial charge < -0.3 is 0 Å². The van der Waals surface area contributed by atoms with Gasteiger partial charge in [0.05, 0.1) is 0 Å². The fraction of sp³-hybridized carbons (Fsp3) is 0.667. The van der Waals surface area contributed by atoms with Crippen LogP contribution in [0.25, 0.3) is 0 Å². The van der Waals surface area contributed by atoms with Crippen molar-refractivity contribution in [2.45, 2.75) is 79.1 Å². The Morgan fingerprint density at radius 1 is 1.09 bits per heavy atom. The Morgan fingerprint density at radius 2 is 1.86 bits per heavy atom.